The Morgan fingerprint density at radius 2 is 1.69 bits per heavy atom. The number of aliphatic imine (C=N–C) groups is 1. The van der Waals surface area contributed by atoms with E-state index < -0.39 is 54.0 Å². The molecule has 1 fully saturated rings. The maximum atomic E-state index is 14.2. The lowest BCUT2D eigenvalue weighted by Crippen LogP contribution is -2.57. The number of benzene rings is 1. The highest BCUT2D eigenvalue weighted by atomic mass is 32.2. The summed E-state index contributed by atoms with van der Waals surface area (Å²) in [5.74, 6) is -2.13. The SMILES string of the molecule is CC[C@H](C)[C@@H]1NC(=O)[C@H](C)NC(=O)[C@H](Cc2ccc(C)cc2)CC(=O)CC[C@H]2CSC(=N2)[C@H](C)[C@@H](O)C[C@H](C)C[C@@H](C(C)(C)C)OC(=O)[C@@H]2CCCN2C1=O. The molecule has 0 aliphatic carbocycles. The van der Waals surface area contributed by atoms with E-state index in [0.717, 1.165) is 21.9 Å². The topological polar surface area (TPSA) is 154 Å². The molecule has 3 aliphatic heterocycles. The minimum Gasteiger partial charge on any atom is -0.460 e. The normalized spacial score (nSPS) is 32.0. The molecule has 2 bridgehead atoms. The summed E-state index contributed by atoms with van der Waals surface area (Å²) < 4.78 is 6.24. The van der Waals surface area contributed by atoms with E-state index in [2.05, 4.69) is 17.6 Å². The van der Waals surface area contributed by atoms with Gasteiger partial charge in [-0.3, -0.25) is 24.2 Å². The predicted octanol–water partition coefficient (Wildman–Crippen LogP) is 5.82. The molecule has 0 unspecified atom stereocenters. The molecule has 0 aromatic heterocycles. The minimum atomic E-state index is -0.980. The van der Waals surface area contributed by atoms with E-state index in [9.17, 15) is 29.1 Å². The Bertz CT molecular complexity index is 1540. The number of hydrogen-bond acceptors (Lipinski definition) is 9. The van der Waals surface area contributed by atoms with Crippen LogP contribution in [-0.4, -0.2) is 93.2 Å². The first-order chi connectivity index (χ1) is 25.9. The highest BCUT2D eigenvalue weighted by molar-refractivity contribution is 8.14. The van der Waals surface area contributed by atoms with E-state index in [-0.39, 0.29) is 53.7 Å². The van der Waals surface area contributed by atoms with Crippen molar-refractivity contribution < 1.29 is 33.8 Å². The summed E-state index contributed by atoms with van der Waals surface area (Å²) in [7, 11) is 0. The molecule has 0 radical (unpaired) electrons. The molecule has 55 heavy (non-hydrogen) atoms. The maximum absolute atomic E-state index is 14.2. The molecular formula is C43H66N4O7S. The van der Waals surface area contributed by atoms with Crippen LogP contribution in [0.25, 0.3) is 0 Å². The average molecular weight is 783 g/mol. The summed E-state index contributed by atoms with van der Waals surface area (Å²) in [6.45, 7) is 17.9. The van der Waals surface area contributed by atoms with Crippen LogP contribution >= 0.6 is 11.8 Å². The third-order valence-electron chi connectivity index (χ3n) is 11.7. The van der Waals surface area contributed by atoms with Gasteiger partial charge in [0, 0.05) is 37.0 Å². The number of fused-ring (bicyclic) bond motifs is 2. The third-order valence-corrected chi connectivity index (χ3v) is 13.0. The summed E-state index contributed by atoms with van der Waals surface area (Å²) in [6, 6.07) is 5.11. The molecule has 3 aliphatic rings. The fourth-order valence-corrected chi connectivity index (χ4v) is 8.90. The molecule has 3 amide bonds. The Labute approximate surface area is 333 Å². The van der Waals surface area contributed by atoms with Gasteiger partial charge in [0.05, 0.1) is 17.2 Å². The number of nitrogens with zero attached hydrogens (tertiary/aromatic N) is 2. The fourth-order valence-electron chi connectivity index (χ4n) is 7.66. The van der Waals surface area contributed by atoms with Crippen molar-refractivity contribution in [3.8, 4) is 0 Å². The number of carbonyl (C=O) groups excluding carboxylic acids is 5. The van der Waals surface area contributed by atoms with Crippen LogP contribution in [0.15, 0.2) is 29.3 Å². The molecule has 3 heterocycles. The van der Waals surface area contributed by atoms with Crippen molar-refractivity contribution in [1.82, 2.24) is 15.5 Å². The zero-order valence-electron chi connectivity index (χ0n) is 34.6. The van der Waals surface area contributed by atoms with Crippen molar-refractivity contribution in [2.24, 2.45) is 34.1 Å². The molecule has 12 heteroatoms. The lowest BCUT2D eigenvalue weighted by molar-refractivity contribution is -0.164. The minimum absolute atomic E-state index is 0.0213. The van der Waals surface area contributed by atoms with Gasteiger partial charge in [-0.25, -0.2) is 4.79 Å². The quantitative estimate of drug-likeness (QED) is 0.323. The van der Waals surface area contributed by atoms with Crippen LogP contribution in [0.4, 0.5) is 0 Å². The zero-order valence-corrected chi connectivity index (χ0v) is 35.4. The van der Waals surface area contributed by atoms with E-state index in [1.807, 2.05) is 72.7 Å². The van der Waals surface area contributed by atoms with Gasteiger partial charge in [-0.1, -0.05) is 84.7 Å². The molecule has 4 rings (SSSR count). The van der Waals surface area contributed by atoms with Crippen molar-refractivity contribution in [1.29, 1.82) is 0 Å². The van der Waals surface area contributed by atoms with Crippen LogP contribution in [0, 0.1) is 36.0 Å². The maximum Gasteiger partial charge on any atom is 0.329 e. The zero-order chi connectivity index (χ0) is 40.6. The highest BCUT2D eigenvalue weighted by Crippen LogP contribution is 2.34. The summed E-state index contributed by atoms with van der Waals surface area (Å²) in [5.41, 5.74) is 1.61. The largest absolute Gasteiger partial charge is 0.460 e. The summed E-state index contributed by atoms with van der Waals surface area (Å²) in [4.78, 5) is 75.6. The second-order valence-electron chi connectivity index (χ2n) is 17.6. The van der Waals surface area contributed by atoms with Crippen molar-refractivity contribution in [3.05, 3.63) is 35.4 Å². The Morgan fingerprint density at radius 1 is 1.00 bits per heavy atom. The number of hydrogen-bond donors (Lipinski definition) is 3. The molecule has 0 spiro atoms. The van der Waals surface area contributed by atoms with Crippen LogP contribution in [0.3, 0.4) is 0 Å². The molecule has 1 aromatic carbocycles. The standard InChI is InChI=1S/C43H66N4O7S/c1-10-27(4)37-41(52)47-19-11-12-34(47)42(53)54-36(43(7,8)9)21-26(3)20-35(49)28(5)40-45-32(24-55-40)17-18-33(48)23-31(22-30-15-13-25(2)14-16-30)39(51)44-29(6)38(50)46-37/h13-16,26-29,31-32,34-37,49H,10-12,17-24H2,1-9H3,(H,44,51)(H,46,50)/t26-,27-,28+,29-,31+,32-,34-,35-,36-,37-/m0/s1. The molecule has 1 saturated heterocycles. The number of thioether (sulfide) groups is 1. The first-order valence-electron chi connectivity index (χ1n) is 20.4. The number of aliphatic hydroxyl groups is 1. The smallest absolute Gasteiger partial charge is 0.329 e. The second kappa shape index (κ2) is 19.7. The fraction of sp³-hybridized carbons (Fsp3) is 0.721. The molecule has 3 N–H and O–H groups in total. The van der Waals surface area contributed by atoms with Gasteiger partial charge in [-0.15, -0.1) is 11.8 Å². The molecule has 10 atom stereocenters. The van der Waals surface area contributed by atoms with Gasteiger partial charge >= 0.3 is 5.97 Å². The molecule has 11 nitrogen and oxygen atoms in total. The number of ketones is 1. The summed E-state index contributed by atoms with van der Waals surface area (Å²) in [6.07, 6.45) is 2.81. The lowest BCUT2D eigenvalue weighted by Gasteiger charge is -2.36. The van der Waals surface area contributed by atoms with Gasteiger partial charge < -0.3 is 25.4 Å². The van der Waals surface area contributed by atoms with E-state index in [4.69, 9.17) is 9.73 Å². The van der Waals surface area contributed by atoms with Crippen LogP contribution in [-0.2, 0) is 35.1 Å². The van der Waals surface area contributed by atoms with Crippen molar-refractivity contribution in [2.45, 2.75) is 156 Å². The first-order valence-corrected chi connectivity index (χ1v) is 21.4. The monoisotopic (exact) mass is 782 g/mol. The van der Waals surface area contributed by atoms with E-state index >= 15 is 0 Å². The van der Waals surface area contributed by atoms with Gasteiger partial charge in [0.25, 0.3) is 0 Å². The number of amides is 3. The number of aliphatic hydroxyl groups excluding tert-OH is 1. The highest BCUT2D eigenvalue weighted by Gasteiger charge is 2.42. The van der Waals surface area contributed by atoms with Gasteiger partial charge in [-0.2, -0.15) is 0 Å². The van der Waals surface area contributed by atoms with Crippen molar-refractivity contribution >= 4 is 46.3 Å². The second-order valence-corrected chi connectivity index (χ2v) is 18.7. The van der Waals surface area contributed by atoms with Crippen LogP contribution in [0.2, 0.25) is 0 Å². The molecule has 306 valence electrons. The molecular weight excluding hydrogens is 717 g/mol. The van der Waals surface area contributed by atoms with Gasteiger partial charge in [0.15, 0.2) is 0 Å². The number of Topliss-reactive ketones (excluding diaryl/α,β-unsaturated/α-hetero) is 1. The lowest BCUT2D eigenvalue weighted by atomic mass is 9.81. The average Bonchev–Trinajstić information content (AvgIpc) is 3.82. The third kappa shape index (κ3) is 12.4. The van der Waals surface area contributed by atoms with Crippen molar-refractivity contribution in [3.63, 3.8) is 0 Å². The van der Waals surface area contributed by atoms with Crippen LogP contribution in [0.5, 0.6) is 0 Å². The Morgan fingerprint density at radius 3 is 2.35 bits per heavy atom. The first kappa shape index (κ1) is 44.5. The number of ether oxygens (including phenoxy) is 1. The molecule has 0 saturated carbocycles. The Kier molecular flexibility index (Phi) is 16.0. The summed E-state index contributed by atoms with van der Waals surface area (Å²) >= 11 is 1.62. The van der Waals surface area contributed by atoms with Gasteiger partial charge in [-0.05, 0) is 75.2 Å². The van der Waals surface area contributed by atoms with E-state index in [0.29, 0.717) is 51.5 Å². The predicted molar refractivity (Wildman–Crippen MR) is 218 cm³/mol. The van der Waals surface area contributed by atoms with E-state index in [1.54, 1.807) is 23.6 Å². The van der Waals surface area contributed by atoms with Crippen molar-refractivity contribution in [2.75, 3.05) is 12.3 Å². The summed E-state index contributed by atoms with van der Waals surface area (Å²) in [5, 5.41) is 18.0. The Hall–Kier alpha value is -3.25. The van der Waals surface area contributed by atoms with Gasteiger partial charge in [0.1, 0.15) is 30.0 Å². The number of cyclic esters (lactones) is 1. The van der Waals surface area contributed by atoms with Crippen LogP contribution in [0.1, 0.15) is 118 Å². The Balaban J connectivity index is 1.63. The number of nitrogens with one attached hydrogen (secondary N) is 2. The number of carbonyl (C=O) groups is 5. The number of rotatable bonds is 4. The van der Waals surface area contributed by atoms with Crippen LogP contribution < -0.4 is 10.6 Å². The molecule has 1 aromatic rings. The number of aryl methyl sites for hydroxylation is 1. The number of esters is 1. The van der Waals surface area contributed by atoms with Gasteiger partial charge in [0.2, 0.25) is 17.7 Å². The van der Waals surface area contributed by atoms with E-state index in [1.165, 1.54) is 0 Å².